The number of hydrogen-bond donors (Lipinski definition) is 2. The van der Waals surface area contributed by atoms with E-state index in [2.05, 4.69) is 54.9 Å². The summed E-state index contributed by atoms with van der Waals surface area (Å²) in [5.74, 6) is 5.96. The first-order valence-corrected chi connectivity index (χ1v) is 5.41. The van der Waals surface area contributed by atoms with Crippen LogP contribution in [0.15, 0.2) is 12.1 Å². The predicted molar refractivity (Wildman–Crippen MR) is 65.8 cm³/mol. The van der Waals surface area contributed by atoms with Gasteiger partial charge in [0.2, 0.25) is 0 Å². The predicted octanol–water partition coefficient (Wildman–Crippen LogP) is 3.01. The van der Waals surface area contributed by atoms with Crippen LogP contribution in [0.2, 0.25) is 0 Å². The van der Waals surface area contributed by atoms with Gasteiger partial charge in [-0.05, 0) is 58.7 Å². The zero-order valence-corrected chi connectivity index (χ0v) is 10.3. The third-order valence-corrected chi connectivity index (χ3v) is 3.35. The zero-order valence-electron chi connectivity index (χ0n) is 8.19. The SMILES string of the molecule is Cc1c(I)ccc(NN)c1C(C)C. The number of halogens is 1. The van der Waals surface area contributed by atoms with Gasteiger partial charge in [-0.15, -0.1) is 0 Å². The van der Waals surface area contributed by atoms with Gasteiger partial charge in [-0.2, -0.15) is 0 Å². The highest BCUT2D eigenvalue weighted by atomic mass is 127. The van der Waals surface area contributed by atoms with E-state index in [9.17, 15) is 0 Å². The number of hydrogen-bond acceptors (Lipinski definition) is 2. The van der Waals surface area contributed by atoms with Crippen molar-refractivity contribution in [1.29, 1.82) is 0 Å². The summed E-state index contributed by atoms with van der Waals surface area (Å²) in [6.45, 7) is 6.50. The fraction of sp³-hybridized carbons (Fsp3) is 0.400. The van der Waals surface area contributed by atoms with Gasteiger partial charge in [-0.25, -0.2) is 0 Å². The minimum absolute atomic E-state index is 0.501. The molecule has 0 heterocycles. The van der Waals surface area contributed by atoms with E-state index in [1.54, 1.807) is 0 Å². The van der Waals surface area contributed by atoms with Gasteiger partial charge < -0.3 is 5.43 Å². The van der Waals surface area contributed by atoms with Crippen LogP contribution < -0.4 is 11.3 Å². The molecule has 0 saturated carbocycles. The van der Waals surface area contributed by atoms with Crippen LogP contribution in [0.1, 0.15) is 30.9 Å². The second-order valence-electron chi connectivity index (χ2n) is 3.43. The fourth-order valence-electron chi connectivity index (χ4n) is 1.57. The lowest BCUT2D eigenvalue weighted by atomic mass is 9.96. The Hall–Kier alpha value is -0.290. The molecule has 0 aliphatic rings. The summed E-state index contributed by atoms with van der Waals surface area (Å²) in [4.78, 5) is 0. The highest BCUT2D eigenvalue weighted by Crippen LogP contribution is 2.29. The summed E-state index contributed by atoms with van der Waals surface area (Å²) < 4.78 is 1.29. The van der Waals surface area contributed by atoms with E-state index in [-0.39, 0.29) is 0 Å². The number of rotatable bonds is 2. The molecule has 1 aromatic carbocycles. The summed E-state index contributed by atoms with van der Waals surface area (Å²) in [5.41, 5.74) is 6.42. The number of hydrazine groups is 1. The van der Waals surface area contributed by atoms with Crippen molar-refractivity contribution in [2.75, 3.05) is 5.43 Å². The van der Waals surface area contributed by atoms with Gasteiger partial charge in [0.1, 0.15) is 0 Å². The number of anilines is 1. The van der Waals surface area contributed by atoms with Gasteiger partial charge >= 0.3 is 0 Å². The molecule has 0 unspecified atom stereocenters. The molecule has 0 aliphatic heterocycles. The van der Waals surface area contributed by atoms with Crippen LogP contribution in [0.3, 0.4) is 0 Å². The first kappa shape index (κ1) is 10.8. The second kappa shape index (κ2) is 4.28. The first-order chi connectivity index (χ1) is 6.07. The fourth-order valence-corrected chi connectivity index (χ4v) is 2.04. The van der Waals surface area contributed by atoms with Gasteiger partial charge in [0.15, 0.2) is 0 Å². The Morgan fingerprint density at radius 1 is 1.38 bits per heavy atom. The maximum Gasteiger partial charge on any atom is 0.0523 e. The van der Waals surface area contributed by atoms with Gasteiger partial charge in [0.25, 0.3) is 0 Å². The van der Waals surface area contributed by atoms with Crippen LogP contribution >= 0.6 is 22.6 Å². The van der Waals surface area contributed by atoms with Crippen LogP contribution in [-0.4, -0.2) is 0 Å². The van der Waals surface area contributed by atoms with Crippen LogP contribution in [0.5, 0.6) is 0 Å². The topological polar surface area (TPSA) is 38.0 Å². The Kier molecular flexibility index (Phi) is 3.55. The van der Waals surface area contributed by atoms with E-state index in [4.69, 9.17) is 5.84 Å². The molecule has 3 N–H and O–H groups in total. The molecule has 0 atom stereocenters. The van der Waals surface area contributed by atoms with Crippen molar-refractivity contribution in [2.24, 2.45) is 5.84 Å². The minimum atomic E-state index is 0.501. The van der Waals surface area contributed by atoms with Crippen LogP contribution in [0.4, 0.5) is 5.69 Å². The molecule has 0 amide bonds. The second-order valence-corrected chi connectivity index (χ2v) is 4.59. The average Bonchev–Trinajstić information content (AvgIpc) is 2.08. The molecule has 0 fully saturated rings. The minimum Gasteiger partial charge on any atom is -0.324 e. The summed E-state index contributed by atoms with van der Waals surface area (Å²) in [5, 5.41) is 0. The Labute approximate surface area is 93.0 Å². The third kappa shape index (κ3) is 2.14. The largest absolute Gasteiger partial charge is 0.324 e. The van der Waals surface area contributed by atoms with E-state index in [1.807, 2.05) is 6.07 Å². The molecule has 0 aliphatic carbocycles. The molecule has 0 aromatic heterocycles. The van der Waals surface area contributed by atoms with Crippen LogP contribution in [-0.2, 0) is 0 Å². The van der Waals surface area contributed by atoms with E-state index < -0.39 is 0 Å². The maximum absolute atomic E-state index is 5.45. The highest BCUT2D eigenvalue weighted by molar-refractivity contribution is 14.1. The van der Waals surface area contributed by atoms with Gasteiger partial charge in [-0.1, -0.05) is 13.8 Å². The lowest BCUT2D eigenvalue weighted by Crippen LogP contribution is -2.11. The quantitative estimate of drug-likeness (QED) is 0.499. The van der Waals surface area contributed by atoms with Crippen molar-refractivity contribution in [3.05, 3.63) is 26.8 Å². The third-order valence-electron chi connectivity index (χ3n) is 2.18. The monoisotopic (exact) mass is 290 g/mol. The van der Waals surface area contributed by atoms with Gasteiger partial charge in [0.05, 0.1) is 5.69 Å². The molecule has 1 aromatic rings. The summed E-state index contributed by atoms with van der Waals surface area (Å²) in [7, 11) is 0. The molecule has 0 bridgehead atoms. The van der Waals surface area contributed by atoms with Gasteiger partial charge in [0, 0.05) is 3.57 Å². The van der Waals surface area contributed by atoms with Gasteiger partial charge in [-0.3, -0.25) is 5.84 Å². The smallest absolute Gasteiger partial charge is 0.0523 e. The Balaban J connectivity index is 3.32. The lowest BCUT2D eigenvalue weighted by Gasteiger charge is -2.16. The van der Waals surface area contributed by atoms with Crippen molar-refractivity contribution >= 4 is 28.3 Å². The molecule has 1 rings (SSSR count). The van der Waals surface area contributed by atoms with E-state index in [0.717, 1.165) is 5.69 Å². The average molecular weight is 290 g/mol. The lowest BCUT2D eigenvalue weighted by molar-refractivity contribution is 0.855. The summed E-state index contributed by atoms with van der Waals surface area (Å²) >= 11 is 2.35. The van der Waals surface area contributed by atoms with Crippen molar-refractivity contribution in [1.82, 2.24) is 0 Å². The normalized spacial score (nSPS) is 10.6. The highest BCUT2D eigenvalue weighted by Gasteiger charge is 2.10. The Bertz CT molecular complexity index is 308. The Morgan fingerprint density at radius 3 is 2.46 bits per heavy atom. The molecular formula is C10H15IN2. The molecule has 3 heteroatoms. The van der Waals surface area contributed by atoms with Crippen LogP contribution in [0, 0.1) is 10.5 Å². The maximum atomic E-state index is 5.45. The van der Waals surface area contributed by atoms with Crippen molar-refractivity contribution < 1.29 is 0 Å². The van der Waals surface area contributed by atoms with E-state index >= 15 is 0 Å². The standard InChI is InChI=1S/C10H15IN2/c1-6(2)10-7(3)8(11)4-5-9(10)13-12/h4-6,13H,12H2,1-3H3. The van der Waals surface area contributed by atoms with E-state index in [0.29, 0.717) is 5.92 Å². The summed E-state index contributed by atoms with van der Waals surface area (Å²) in [6.07, 6.45) is 0. The molecule has 13 heavy (non-hydrogen) atoms. The van der Waals surface area contributed by atoms with Crippen molar-refractivity contribution in [3.8, 4) is 0 Å². The summed E-state index contributed by atoms with van der Waals surface area (Å²) in [6, 6.07) is 4.11. The van der Waals surface area contributed by atoms with Crippen molar-refractivity contribution in [3.63, 3.8) is 0 Å². The molecule has 0 spiro atoms. The molecular weight excluding hydrogens is 275 g/mol. The number of nitrogens with two attached hydrogens (primary N) is 1. The zero-order chi connectivity index (χ0) is 10.0. The van der Waals surface area contributed by atoms with E-state index in [1.165, 1.54) is 14.7 Å². The number of benzene rings is 1. The molecule has 0 saturated heterocycles. The number of nitrogens with one attached hydrogen (secondary N) is 1. The molecule has 72 valence electrons. The van der Waals surface area contributed by atoms with Crippen LogP contribution in [0.25, 0.3) is 0 Å². The molecule has 2 nitrogen and oxygen atoms in total. The first-order valence-electron chi connectivity index (χ1n) is 4.33. The molecule has 0 radical (unpaired) electrons. The number of nitrogen functional groups attached to an aromatic ring is 1. The Morgan fingerprint density at radius 2 is 2.00 bits per heavy atom. The van der Waals surface area contributed by atoms with Crippen molar-refractivity contribution in [2.45, 2.75) is 26.7 Å².